The summed E-state index contributed by atoms with van der Waals surface area (Å²) in [6.45, 7) is -0.0565. The van der Waals surface area contributed by atoms with Crippen molar-refractivity contribution in [1.82, 2.24) is 4.98 Å². The summed E-state index contributed by atoms with van der Waals surface area (Å²) < 4.78 is 5.16. The number of terminal acetylenes is 1. The summed E-state index contributed by atoms with van der Waals surface area (Å²) in [5.41, 5.74) is 2.91. The fourth-order valence-electron chi connectivity index (χ4n) is 3.12. The molecule has 0 radical (unpaired) electrons. The van der Waals surface area contributed by atoms with Gasteiger partial charge in [-0.3, -0.25) is 0 Å². The fourth-order valence-corrected chi connectivity index (χ4v) is 3.12. The van der Waals surface area contributed by atoms with Crippen molar-refractivity contribution >= 4 is 27.6 Å². The number of fused-ring (bicyclic) bond motifs is 2. The summed E-state index contributed by atoms with van der Waals surface area (Å²) in [5, 5.41) is 2.95. The lowest BCUT2D eigenvalue weighted by molar-refractivity contribution is 0.0559. The molecular formula is C23H15NO2. The van der Waals surface area contributed by atoms with E-state index < -0.39 is 5.97 Å². The molecule has 1 aromatic heterocycles. The van der Waals surface area contributed by atoms with E-state index in [1.165, 1.54) is 0 Å². The summed E-state index contributed by atoms with van der Waals surface area (Å²) in [4.78, 5) is 17.3. The van der Waals surface area contributed by atoms with Crippen molar-refractivity contribution in [3.8, 4) is 23.6 Å². The zero-order valence-corrected chi connectivity index (χ0v) is 14.0. The largest absolute Gasteiger partial charge is 0.449 e. The first-order valence-electron chi connectivity index (χ1n) is 8.26. The molecule has 0 saturated heterocycles. The van der Waals surface area contributed by atoms with E-state index in [4.69, 9.17) is 16.1 Å². The first-order valence-corrected chi connectivity index (χ1v) is 8.26. The van der Waals surface area contributed by atoms with Crippen molar-refractivity contribution in [3.63, 3.8) is 0 Å². The molecule has 0 spiro atoms. The van der Waals surface area contributed by atoms with Crippen LogP contribution in [0.2, 0.25) is 0 Å². The molecule has 0 saturated carbocycles. The van der Waals surface area contributed by atoms with Gasteiger partial charge in [-0.05, 0) is 22.9 Å². The number of hydrogen-bond acceptors (Lipinski definition) is 3. The second-order valence-corrected chi connectivity index (χ2v) is 5.88. The van der Waals surface area contributed by atoms with Crippen LogP contribution in [0.15, 0.2) is 72.8 Å². The van der Waals surface area contributed by atoms with Crippen LogP contribution >= 0.6 is 0 Å². The second-order valence-electron chi connectivity index (χ2n) is 5.88. The summed E-state index contributed by atoms with van der Waals surface area (Å²) >= 11 is 0. The number of carbonyl (C=O) groups is 1. The highest BCUT2D eigenvalue weighted by atomic mass is 16.5. The lowest BCUT2D eigenvalue weighted by Gasteiger charge is -2.11. The number of nitrogens with zero attached hydrogens (tertiary/aromatic N) is 1. The molecule has 0 unspecified atom stereocenters. The van der Waals surface area contributed by atoms with Gasteiger partial charge < -0.3 is 4.74 Å². The van der Waals surface area contributed by atoms with Crippen LogP contribution < -0.4 is 0 Å². The lowest BCUT2D eigenvalue weighted by Crippen LogP contribution is -2.07. The zero-order chi connectivity index (χ0) is 17.9. The Bertz CT molecular complexity index is 1170. The third-order valence-corrected chi connectivity index (χ3v) is 4.29. The molecule has 3 aromatic carbocycles. The van der Waals surface area contributed by atoms with Gasteiger partial charge in [0.25, 0.3) is 0 Å². The average molecular weight is 337 g/mol. The predicted molar refractivity (Wildman–Crippen MR) is 104 cm³/mol. The number of para-hydroxylation sites is 1. The van der Waals surface area contributed by atoms with Gasteiger partial charge in [-0.25, -0.2) is 9.78 Å². The number of aromatic nitrogens is 1. The number of benzene rings is 3. The van der Waals surface area contributed by atoms with E-state index in [1.54, 1.807) is 6.07 Å². The number of ether oxygens (including phenoxy) is 1. The Morgan fingerprint density at radius 3 is 2.54 bits per heavy atom. The van der Waals surface area contributed by atoms with Crippen LogP contribution in [0.5, 0.6) is 0 Å². The molecule has 3 heteroatoms. The van der Waals surface area contributed by atoms with E-state index in [-0.39, 0.29) is 6.61 Å². The van der Waals surface area contributed by atoms with Crippen molar-refractivity contribution in [3.05, 3.63) is 78.4 Å². The third-order valence-electron chi connectivity index (χ3n) is 4.29. The summed E-state index contributed by atoms with van der Waals surface area (Å²) in [5.74, 6) is 1.89. The number of carbonyl (C=O) groups excluding carboxylic acids is 1. The van der Waals surface area contributed by atoms with Crippen molar-refractivity contribution in [2.24, 2.45) is 0 Å². The van der Waals surface area contributed by atoms with Crippen molar-refractivity contribution < 1.29 is 9.53 Å². The molecule has 0 bridgehead atoms. The van der Waals surface area contributed by atoms with Gasteiger partial charge in [0, 0.05) is 10.9 Å². The molecule has 0 aliphatic heterocycles. The maximum absolute atomic E-state index is 12.5. The molecule has 3 nitrogen and oxygen atoms in total. The quantitative estimate of drug-likeness (QED) is 0.396. The molecule has 0 aliphatic carbocycles. The van der Waals surface area contributed by atoms with Gasteiger partial charge in [-0.15, -0.1) is 6.42 Å². The maximum atomic E-state index is 12.5. The molecule has 0 atom stereocenters. The van der Waals surface area contributed by atoms with E-state index in [0.29, 0.717) is 5.56 Å². The molecule has 26 heavy (non-hydrogen) atoms. The first kappa shape index (κ1) is 15.9. The van der Waals surface area contributed by atoms with Crippen molar-refractivity contribution in [2.75, 3.05) is 6.61 Å². The van der Waals surface area contributed by atoms with Crippen LogP contribution in [-0.4, -0.2) is 17.6 Å². The molecule has 0 amide bonds. The van der Waals surface area contributed by atoms with Crippen molar-refractivity contribution in [2.45, 2.75) is 0 Å². The highest BCUT2D eigenvalue weighted by Crippen LogP contribution is 2.30. The first-order chi connectivity index (χ1) is 12.8. The molecule has 1 heterocycles. The molecule has 0 aliphatic rings. The Hall–Kier alpha value is -3.64. The van der Waals surface area contributed by atoms with E-state index in [2.05, 4.69) is 24.1 Å². The molecule has 0 fully saturated rings. The second kappa shape index (κ2) is 6.70. The zero-order valence-electron chi connectivity index (χ0n) is 14.0. The monoisotopic (exact) mass is 337 g/mol. The fraction of sp³-hybridized carbons (Fsp3) is 0.0435. The summed E-state index contributed by atoms with van der Waals surface area (Å²) in [6.07, 6.45) is 5.21. The Labute approximate surface area is 151 Å². The molecular weight excluding hydrogens is 322 g/mol. The van der Waals surface area contributed by atoms with Gasteiger partial charge >= 0.3 is 5.97 Å². The van der Waals surface area contributed by atoms with Crippen LogP contribution in [-0.2, 0) is 4.74 Å². The summed E-state index contributed by atoms with van der Waals surface area (Å²) in [6, 6.07) is 23.5. The van der Waals surface area contributed by atoms with Gasteiger partial charge in [-0.2, -0.15) is 0 Å². The number of esters is 1. The van der Waals surface area contributed by atoms with Crippen LogP contribution in [0, 0.1) is 12.3 Å². The predicted octanol–water partition coefficient (Wildman–Crippen LogP) is 4.85. The molecule has 124 valence electrons. The van der Waals surface area contributed by atoms with Gasteiger partial charge in [0.2, 0.25) is 0 Å². The van der Waals surface area contributed by atoms with Gasteiger partial charge in [-0.1, -0.05) is 66.6 Å². The Morgan fingerprint density at radius 2 is 1.69 bits per heavy atom. The highest BCUT2D eigenvalue weighted by molar-refractivity contribution is 6.06. The number of pyridine rings is 1. The minimum Gasteiger partial charge on any atom is -0.449 e. The minimum absolute atomic E-state index is 0.0565. The Kier molecular flexibility index (Phi) is 4.09. The third kappa shape index (κ3) is 2.78. The van der Waals surface area contributed by atoms with Crippen LogP contribution in [0.1, 0.15) is 10.4 Å². The molecule has 0 N–H and O–H groups in total. The Morgan fingerprint density at radius 1 is 0.962 bits per heavy atom. The van der Waals surface area contributed by atoms with E-state index in [9.17, 15) is 4.79 Å². The standard InChI is InChI=1S/C23H15NO2/c1-2-14-26-23(25)20-15-22(24-21-13-6-5-11-19(20)21)18-12-7-9-16-8-3-4-10-17(16)18/h1,3-13,15H,14H2. The van der Waals surface area contributed by atoms with E-state index in [0.717, 1.165) is 32.9 Å². The SMILES string of the molecule is C#CCOC(=O)c1cc(-c2cccc3ccccc23)nc2ccccc12. The van der Waals surface area contributed by atoms with Crippen LogP contribution in [0.3, 0.4) is 0 Å². The normalized spacial score (nSPS) is 10.6. The van der Waals surface area contributed by atoms with E-state index in [1.807, 2.05) is 48.5 Å². The topological polar surface area (TPSA) is 39.2 Å². The highest BCUT2D eigenvalue weighted by Gasteiger charge is 2.15. The number of rotatable bonds is 3. The van der Waals surface area contributed by atoms with Gasteiger partial charge in [0.05, 0.1) is 16.8 Å². The smallest absolute Gasteiger partial charge is 0.339 e. The van der Waals surface area contributed by atoms with Gasteiger partial charge in [0.1, 0.15) is 0 Å². The number of hydrogen-bond donors (Lipinski definition) is 0. The maximum Gasteiger partial charge on any atom is 0.339 e. The van der Waals surface area contributed by atoms with Crippen molar-refractivity contribution in [1.29, 1.82) is 0 Å². The summed E-state index contributed by atoms with van der Waals surface area (Å²) in [7, 11) is 0. The Balaban J connectivity index is 1.96. The van der Waals surface area contributed by atoms with Crippen LogP contribution in [0.25, 0.3) is 32.9 Å². The molecule has 4 aromatic rings. The van der Waals surface area contributed by atoms with E-state index >= 15 is 0 Å². The average Bonchev–Trinajstić information content (AvgIpc) is 2.70. The molecule has 4 rings (SSSR count). The van der Waals surface area contributed by atoms with Crippen LogP contribution in [0.4, 0.5) is 0 Å². The lowest BCUT2D eigenvalue weighted by atomic mass is 9.99. The van der Waals surface area contributed by atoms with Gasteiger partial charge in [0.15, 0.2) is 6.61 Å². The minimum atomic E-state index is -0.442.